The highest BCUT2D eigenvalue weighted by molar-refractivity contribution is 6.30. The summed E-state index contributed by atoms with van der Waals surface area (Å²) in [5.74, 6) is -0.428. The minimum absolute atomic E-state index is 0.153. The summed E-state index contributed by atoms with van der Waals surface area (Å²) in [6.07, 6.45) is 2.01. The number of hydrogen-bond donors (Lipinski definition) is 3. The van der Waals surface area contributed by atoms with Crippen LogP contribution in [0, 0.1) is 5.92 Å². The maximum Gasteiger partial charge on any atom is 0.412 e. The first-order valence-corrected chi connectivity index (χ1v) is 14.1. The predicted octanol–water partition coefficient (Wildman–Crippen LogP) is 4.51. The van der Waals surface area contributed by atoms with Crippen LogP contribution < -0.4 is 16.0 Å². The van der Waals surface area contributed by atoms with Crippen LogP contribution in [0.4, 0.5) is 21.0 Å². The summed E-state index contributed by atoms with van der Waals surface area (Å²) in [4.78, 5) is 53.0. The zero-order chi connectivity index (χ0) is 29.0. The predicted molar refractivity (Wildman–Crippen MR) is 151 cm³/mol. The van der Waals surface area contributed by atoms with Crippen molar-refractivity contribution in [1.82, 2.24) is 10.2 Å². The molecule has 3 aliphatic rings. The van der Waals surface area contributed by atoms with E-state index >= 15 is 0 Å². The molecule has 3 heterocycles. The molecule has 5 rings (SSSR count). The molecule has 0 aliphatic carbocycles. The fourth-order valence-corrected chi connectivity index (χ4v) is 5.93. The van der Waals surface area contributed by atoms with Crippen molar-refractivity contribution in [2.45, 2.75) is 43.7 Å². The Kier molecular flexibility index (Phi) is 8.65. The van der Waals surface area contributed by atoms with Crippen LogP contribution in [-0.4, -0.2) is 68.4 Å². The van der Waals surface area contributed by atoms with Crippen molar-refractivity contribution in [2.24, 2.45) is 5.92 Å². The monoisotopic (exact) mass is 584 g/mol. The van der Waals surface area contributed by atoms with Gasteiger partial charge in [0.15, 0.2) is 5.60 Å². The number of fused-ring (bicyclic) bond motifs is 2. The molecule has 0 bridgehead atoms. The molecule has 3 aliphatic heterocycles. The van der Waals surface area contributed by atoms with Crippen molar-refractivity contribution in [1.29, 1.82) is 0 Å². The van der Waals surface area contributed by atoms with Gasteiger partial charge in [0.1, 0.15) is 6.04 Å². The number of nitrogens with zero attached hydrogens (tertiary/aromatic N) is 1. The number of carbonyl (C=O) groups is 4. The maximum absolute atomic E-state index is 14.1. The number of likely N-dealkylation sites (tertiary alicyclic amines) is 1. The normalized spacial score (nSPS) is 21.2. The molecule has 0 aromatic heterocycles. The number of benzene rings is 2. The van der Waals surface area contributed by atoms with Crippen molar-refractivity contribution >= 4 is 47.0 Å². The summed E-state index contributed by atoms with van der Waals surface area (Å²) in [5, 5.41) is 8.72. The van der Waals surface area contributed by atoms with Gasteiger partial charge in [-0.1, -0.05) is 11.6 Å². The molecule has 4 amide bonds. The second-order valence-electron chi connectivity index (χ2n) is 10.6. The van der Waals surface area contributed by atoms with Gasteiger partial charge in [0, 0.05) is 41.6 Å². The summed E-state index contributed by atoms with van der Waals surface area (Å²) >= 11 is 6.30. The van der Waals surface area contributed by atoms with Gasteiger partial charge < -0.3 is 24.4 Å². The van der Waals surface area contributed by atoms with Gasteiger partial charge in [0.2, 0.25) is 5.91 Å². The van der Waals surface area contributed by atoms with E-state index in [4.69, 9.17) is 21.1 Å². The van der Waals surface area contributed by atoms with Crippen molar-refractivity contribution in [3.8, 4) is 0 Å². The number of amides is 4. The van der Waals surface area contributed by atoms with E-state index in [1.807, 2.05) is 0 Å². The molecule has 11 nitrogen and oxygen atoms in total. The van der Waals surface area contributed by atoms with Gasteiger partial charge in [-0.3, -0.25) is 20.2 Å². The quantitative estimate of drug-likeness (QED) is 0.454. The Morgan fingerprint density at radius 1 is 1.17 bits per heavy atom. The molecule has 2 aromatic carbocycles. The number of halogens is 1. The van der Waals surface area contributed by atoms with Crippen LogP contribution in [0.15, 0.2) is 42.5 Å². The third kappa shape index (κ3) is 6.57. The molecule has 2 fully saturated rings. The van der Waals surface area contributed by atoms with Gasteiger partial charge in [0.05, 0.1) is 19.3 Å². The van der Waals surface area contributed by atoms with E-state index in [1.54, 1.807) is 47.4 Å². The molecule has 2 atom stereocenters. The molecule has 0 saturated carbocycles. The number of rotatable bonds is 6. The van der Waals surface area contributed by atoms with Crippen molar-refractivity contribution in [3.63, 3.8) is 0 Å². The van der Waals surface area contributed by atoms with Gasteiger partial charge >= 0.3 is 12.2 Å². The van der Waals surface area contributed by atoms with Gasteiger partial charge in [-0.25, -0.2) is 9.59 Å². The third-order valence-electron chi connectivity index (χ3n) is 7.86. The molecule has 0 radical (unpaired) electrons. The Labute approximate surface area is 242 Å². The molecule has 2 saturated heterocycles. The fourth-order valence-electron chi connectivity index (χ4n) is 5.76. The van der Waals surface area contributed by atoms with Gasteiger partial charge in [0.25, 0.3) is 5.91 Å². The molecular formula is C29H33ClN4O7. The molecule has 3 N–H and O–H groups in total. The number of carbonyl (C=O) groups excluding carboxylic acids is 4. The van der Waals surface area contributed by atoms with Crippen LogP contribution in [0.3, 0.4) is 0 Å². The van der Waals surface area contributed by atoms with Crippen LogP contribution in [0.1, 0.15) is 48.0 Å². The minimum atomic E-state index is -1.04. The Hall–Kier alpha value is -3.83. The first kappa shape index (κ1) is 28.7. The zero-order valence-corrected chi connectivity index (χ0v) is 23.5. The average molecular weight is 585 g/mol. The Morgan fingerprint density at radius 2 is 1.93 bits per heavy atom. The average Bonchev–Trinajstić information content (AvgIpc) is 2.97. The second-order valence-corrected chi connectivity index (χ2v) is 11.0. The fraction of sp³-hybridized carbons (Fsp3) is 0.448. The highest BCUT2D eigenvalue weighted by Gasteiger charge is 2.47. The summed E-state index contributed by atoms with van der Waals surface area (Å²) in [6, 6.07) is 10.7. The molecule has 12 heteroatoms. The van der Waals surface area contributed by atoms with Crippen LogP contribution >= 0.6 is 11.6 Å². The van der Waals surface area contributed by atoms with Crippen molar-refractivity contribution in [3.05, 3.63) is 58.6 Å². The lowest BCUT2D eigenvalue weighted by Gasteiger charge is -2.46. The maximum atomic E-state index is 14.1. The number of ether oxygens (including phenoxy) is 3. The van der Waals surface area contributed by atoms with Crippen molar-refractivity contribution in [2.75, 3.05) is 44.0 Å². The number of piperidine rings is 1. The third-order valence-corrected chi connectivity index (χ3v) is 8.09. The SMILES string of the molecule is COC(=O)Nc1ccc(C(=O)N[C@@H](CC2CCOCC2)C(=O)N2CCC[C@@]3(C2)OC(=O)Nc2ccc(Cl)cc23)cc1. The van der Waals surface area contributed by atoms with E-state index in [0.29, 0.717) is 61.0 Å². The van der Waals surface area contributed by atoms with Gasteiger partial charge in [-0.15, -0.1) is 0 Å². The second kappa shape index (κ2) is 12.4. The number of anilines is 2. The number of hydrogen-bond acceptors (Lipinski definition) is 7. The first-order chi connectivity index (χ1) is 19.8. The lowest BCUT2D eigenvalue weighted by molar-refractivity contribution is -0.141. The van der Waals surface area contributed by atoms with E-state index in [9.17, 15) is 19.2 Å². The summed E-state index contributed by atoms with van der Waals surface area (Å²) in [5.41, 5.74) is 1.12. The minimum Gasteiger partial charge on any atom is -0.453 e. The molecule has 218 valence electrons. The van der Waals surface area contributed by atoms with Gasteiger partial charge in [-0.05, 0) is 80.5 Å². The van der Waals surface area contributed by atoms with E-state index in [0.717, 1.165) is 18.4 Å². The van der Waals surface area contributed by atoms with E-state index in [-0.39, 0.29) is 18.4 Å². The molecule has 41 heavy (non-hydrogen) atoms. The van der Waals surface area contributed by atoms with Crippen LogP contribution in [-0.2, 0) is 24.6 Å². The summed E-state index contributed by atoms with van der Waals surface area (Å²) in [6.45, 7) is 1.85. The summed E-state index contributed by atoms with van der Waals surface area (Å²) in [7, 11) is 1.26. The molecule has 0 unspecified atom stereocenters. The Morgan fingerprint density at radius 3 is 2.66 bits per heavy atom. The number of nitrogens with one attached hydrogen (secondary N) is 3. The van der Waals surface area contributed by atoms with Crippen molar-refractivity contribution < 1.29 is 33.4 Å². The lowest BCUT2D eigenvalue weighted by atomic mass is 9.83. The highest BCUT2D eigenvalue weighted by atomic mass is 35.5. The summed E-state index contributed by atoms with van der Waals surface area (Å²) < 4.78 is 16.0. The van der Waals surface area contributed by atoms with Crippen LogP contribution in [0.2, 0.25) is 5.02 Å². The van der Waals surface area contributed by atoms with E-state index < -0.39 is 29.7 Å². The largest absolute Gasteiger partial charge is 0.453 e. The number of methoxy groups -OCH3 is 1. The first-order valence-electron chi connectivity index (χ1n) is 13.7. The van der Waals surface area contributed by atoms with Crippen LogP contribution in [0.25, 0.3) is 0 Å². The molecule has 2 aromatic rings. The van der Waals surface area contributed by atoms with E-state index in [2.05, 4.69) is 20.7 Å². The van der Waals surface area contributed by atoms with Gasteiger partial charge in [-0.2, -0.15) is 0 Å². The molecule has 1 spiro atoms. The standard InChI is InChI=1S/C29H33ClN4O7/c1-39-27(37)31-21-6-3-19(4-7-21)25(35)32-24(15-18-9-13-40-14-10-18)26(36)34-12-2-11-29(17-34)22-16-20(30)5-8-23(22)33-28(38)41-29/h3-8,16,18,24H,2,9-15,17H2,1H3,(H,31,37)(H,32,35)(H,33,38)/t24-,29-/m0/s1. The smallest absolute Gasteiger partial charge is 0.412 e. The van der Waals surface area contributed by atoms with E-state index in [1.165, 1.54) is 7.11 Å². The Balaban J connectivity index is 1.36. The zero-order valence-electron chi connectivity index (χ0n) is 22.7. The lowest BCUT2D eigenvalue weighted by Crippen LogP contribution is -2.57. The highest BCUT2D eigenvalue weighted by Crippen LogP contribution is 2.43. The topological polar surface area (TPSA) is 135 Å². The molecular weight excluding hydrogens is 552 g/mol. The Bertz CT molecular complexity index is 1310. The van der Waals surface area contributed by atoms with Crippen LogP contribution in [0.5, 0.6) is 0 Å².